The summed E-state index contributed by atoms with van der Waals surface area (Å²) in [7, 11) is 0. The molecule has 5 nitrogen and oxygen atoms in total. The Kier molecular flexibility index (Phi) is 4.14. The van der Waals surface area contributed by atoms with E-state index in [1.165, 1.54) is 6.92 Å². The molecule has 1 atom stereocenters. The first-order chi connectivity index (χ1) is 7.97. The molecule has 92 valence electrons. The monoisotopic (exact) mass is 241 g/mol. The van der Waals surface area contributed by atoms with Gasteiger partial charge in [0, 0.05) is 11.6 Å². The zero-order chi connectivity index (χ0) is 13.0. The van der Waals surface area contributed by atoms with Crippen LogP contribution in [0.15, 0.2) is 18.2 Å². The second-order valence-corrected chi connectivity index (χ2v) is 3.43. The lowest BCUT2D eigenvalue weighted by Gasteiger charge is -2.11. The summed E-state index contributed by atoms with van der Waals surface area (Å²) in [6.45, 7) is 3.25. The minimum absolute atomic E-state index is 0.0217. The molecule has 0 aliphatic rings. The molecule has 0 aromatic heterocycles. The third kappa shape index (κ3) is 2.99. The lowest BCUT2D eigenvalue weighted by atomic mass is 9.99. The molecule has 0 spiro atoms. The topological polar surface area (TPSA) is 69.4 Å². The van der Waals surface area contributed by atoms with E-state index in [0.29, 0.717) is 0 Å². The molecule has 0 aliphatic carbocycles. The molecule has 0 aliphatic heterocycles. The molecule has 17 heavy (non-hydrogen) atoms. The maximum Gasteiger partial charge on any atom is 0.313 e. The number of nitrogens with zero attached hydrogens (tertiary/aromatic N) is 1. The zero-order valence-corrected chi connectivity index (χ0v) is 9.47. The SMILES string of the molecule is CCOC(=O)C(C)c1cc(F)ccc1[N+](=O)[O-]. The lowest BCUT2D eigenvalue weighted by Crippen LogP contribution is -2.14. The van der Waals surface area contributed by atoms with Gasteiger partial charge in [0.2, 0.25) is 0 Å². The first-order valence-corrected chi connectivity index (χ1v) is 5.07. The van der Waals surface area contributed by atoms with Gasteiger partial charge in [-0.2, -0.15) is 0 Å². The summed E-state index contributed by atoms with van der Waals surface area (Å²) in [5, 5.41) is 10.7. The highest BCUT2D eigenvalue weighted by molar-refractivity contribution is 5.79. The van der Waals surface area contributed by atoms with Crippen LogP contribution in [0.5, 0.6) is 0 Å². The quantitative estimate of drug-likeness (QED) is 0.461. The second-order valence-electron chi connectivity index (χ2n) is 3.43. The normalized spacial score (nSPS) is 11.9. The Labute approximate surface area is 97.3 Å². The van der Waals surface area contributed by atoms with Crippen LogP contribution in [0, 0.1) is 15.9 Å². The van der Waals surface area contributed by atoms with Crippen LogP contribution in [-0.2, 0) is 9.53 Å². The van der Waals surface area contributed by atoms with Gasteiger partial charge in [0.05, 0.1) is 17.4 Å². The van der Waals surface area contributed by atoms with Crippen molar-refractivity contribution in [1.82, 2.24) is 0 Å². The number of hydrogen-bond acceptors (Lipinski definition) is 4. The predicted molar refractivity (Wildman–Crippen MR) is 58.1 cm³/mol. The summed E-state index contributed by atoms with van der Waals surface area (Å²) in [4.78, 5) is 21.6. The van der Waals surface area contributed by atoms with Crippen molar-refractivity contribution in [2.24, 2.45) is 0 Å². The number of rotatable bonds is 4. The number of nitro benzene ring substituents is 1. The van der Waals surface area contributed by atoms with Gasteiger partial charge >= 0.3 is 5.97 Å². The van der Waals surface area contributed by atoms with Gasteiger partial charge in [-0.15, -0.1) is 0 Å². The Bertz CT molecular complexity index is 447. The van der Waals surface area contributed by atoms with Crippen LogP contribution in [0.25, 0.3) is 0 Å². The molecule has 0 radical (unpaired) electrons. The van der Waals surface area contributed by atoms with E-state index in [-0.39, 0.29) is 17.9 Å². The first-order valence-electron chi connectivity index (χ1n) is 5.07. The van der Waals surface area contributed by atoms with E-state index in [1.807, 2.05) is 0 Å². The third-order valence-electron chi connectivity index (χ3n) is 2.29. The molecule has 1 rings (SSSR count). The molecule has 0 N–H and O–H groups in total. The van der Waals surface area contributed by atoms with Crippen molar-refractivity contribution in [2.45, 2.75) is 19.8 Å². The van der Waals surface area contributed by atoms with Gasteiger partial charge in [-0.05, 0) is 26.0 Å². The number of esters is 1. The number of halogens is 1. The maximum atomic E-state index is 13.0. The zero-order valence-electron chi connectivity index (χ0n) is 9.47. The molecule has 1 aromatic carbocycles. The largest absolute Gasteiger partial charge is 0.466 e. The Morgan fingerprint density at radius 2 is 2.24 bits per heavy atom. The fraction of sp³-hybridized carbons (Fsp3) is 0.364. The summed E-state index contributed by atoms with van der Waals surface area (Å²) in [5.74, 6) is -2.10. The summed E-state index contributed by atoms with van der Waals surface area (Å²) in [6.07, 6.45) is 0. The number of carbonyl (C=O) groups is 1. The summed E-state index contributed by atoms with van der Waals surface area (Å²) in [5.41, 5.74) is -0.264. The number of ether oxygens (including phenoxy) is 1. The minimum Gasteiger partial charge on any atom is -0.466 e. The molecule has 1 aromatic rings. The van der Waals surface area contributed by atoms with Gasteiger partial charge in [0.1, 0.15) is 5.82 Å². The number of benzene rings is 1. The molecule has 0 bridgehead atoms. The average molecular weight is 241 g/mol. The van der Waals surface area contributed by atoms with Crippen LogP contribution in [0.4, 0.5) is 10.1 Å². The molecular weight excluding hydrogens is 229 g/mol. The number of hydrogen-bond donors (Lipinski definition) is 0. The van der Waals surface area contributed by atoms with E-state index < -0.39 is 22.6 Å². The van der Waals surface area contributed by atoms with Gasteiger partial charge < -0.3 is 4.74 Å². The van der Waals surface area contributed by atoms with Crippen molar-refractivity contribution in [3.05, 3.63) is 39.7 Å². The van der Waals surface area contributed by atoms with Crippen molar-refractivity contribution in [3.63, 3.8) is 0 Å². The van der Waals surface area contributed by atoms with Crippen molar-refractivity contribution in [2.75, 3.05) is 6.61 Å². The summed E-state index contributed by atoms with van der Waals surface area (Å²) < 4.78 is 17.8. The highest BCUT2D eigenvalue weighted by Crippen LogP contribution is 2.28. The van der Waals surface area contributed by atoms with E-state index in [2.05, 4.69) is 0 Å². The minimum atomic E-state index is -0.869. The van der Waals surface area contributed by atoms with E-state index >= 15 is 0 Å². The van der Waals surface area contributed by atoms with Crippen LogP contribution < -0.4 is 0 Å². The van der Waals surface area contributed by atoms with Gasteiger partial charge in [0.15, 0.2) is 0 Å². The van der Waals surface area contributed by atoms with Gasteiger partial charge in [0.25, 0.3) is 5.69 Å². The van der Waals surface area contributed by atoms with Crippen LogP contribution in [0.3, 0.4) is 0 Å². The first kappa shape index (κ1) is 13.1. The summed E-state index contributed by atoms with van der Waals surface area (Å²) >= 11 is 0. The Morgan fingerprint density at radius 3 is 2.76 bits per heavy atom. The van der Waals surface area contributed by atoms with E-state index in [1.54, 1.807) is 6.92 Å². The molecule has 0 saturated carbocycles. The predicted octanol–water partition coefficient (Wildman–Crippen LogP) is 2.40. The molecular formula is C11H12FNO4. The molecule has 0 heterocycles. The molecule has 6 heteroatoms. The fourth-order valence-electron chi connectivity index (χ4n) is 1.43. The van der Waals surface area contributed by atoms with Crippen molar-refractivity contribution in [1.29, 1.82) is 0 Å². The number of nitro groups is 1. The fourth-order valence-corrected chi connectivity index (χ4v) is 1.43. The van der Waals surface area contributed by atoms with E-state index in [9.17, 15) is 19.3 Å². The highest BCUT2D eigenvalue weighted by atomic mass is 19.1. The second kappa shape index (κ2) is 5.38. The van der Waals surface area contributed by atoms with Crippen LogP contribution in [0.1, 0.15) is 25.3 Å². The standard InChI is InChI=1S/C11H12FNO4/c1-3-17-11(14)7(2)9-6-8(12)4-5-10(9)13(15)16/h4-7H,3H2,1-2H3. The third-order valence-corrected chi connectivity index (χ3v) is 2.29. The van der Waals surface area contributed by atoms with Crippen LogP contribution in [0.2, 0.25) is 0 Å². The lowest BCUT2D eigenvalue weighted by molar-refractivity contribution is -0.385. The molecule has 1 unspecified atom stereocenters. The Balaban J connectivity index is 3.14. The Hall–Kier alpha value is -1.98. The van der Waals surface area contributed by atoms with Gasteiger partial charge in [-0.3, -0.25) is 14.9 Å². The smallest absolute Gasteiger partial charge is 0.313 e. The van der Waals surface area contributed by atoms with Crippen molar-refractivity contribution >= 4 is 11.7 Å². The van der Waals surface area contributed by atoms with Crippen LogP contribution >= 0.6 is 0 Å². The van der Waals surface area contributed by atoms with Crippen molar-refractivity contribution in [3.8, 4) is 0 Å². The number of carbonyl (C=O) groups excluding carboxylic acids is 1. The average Bonchev–Trinajstić information content (AvgIpc) is 2.27. The summed E-state index contributed by atoms with van der Waals surface area (Å²) in [6, 6.07) is 3.01. The molecule has 0 amide bonds. The Morgan fingerprint density at radius 1 is 1.59 bits per heavy atom. The van der Waals surface area contributed by atoms with Gasteiger partial charge in [-0.1, -0.05) is 0 Å². The van der Waals surface area contributed by atoms with Crippen molar-refractivity contribution < 1.29 is 18.8 Å². The van der Waals surface area contributed by atoms with Gasteiger partial charge in [-0.25, -0.2) is 4.39 Å². The maximum absolute atomic E-state index is 13.0. The van der Waals surface area contributed by atoms with E-state index in [0.717, 1.165) is 18.2 Å². The molecule has 0 saturated heterocycles. The highest BCUT2D eigenvalue weighted by Gasteiger charge is 2.25. The van der Waals surface area contributed by atoms with E-state index in [4.69, 9.17) is 4.74 Å². The molecule has 0 fully saturated rings. The van der Waals surface area contributed by atoms with Crippen LogP contribution in [-0.4, -0.2) is 17.5 Å².